The quantitative estimate of drug-likeness (QED) is 0.792. The summed E-state index contributed by atoms with van der Waals surface area (Å²) in [5, 5.41) is 0.0357. The van der Waals surface area contributed by atoms with E-state index in [4.69, 9.17) is 0 Å². The van der Waals surface area contributed by atoms with E-state index >= 15 is 0 Å². The van der Waals surface area contributed by atoms with E-state index in [1.165, 1.54) is 43.0 Å². The number of benzene rings is 1. The van der Waals surface area contributed by atoms with Crippen molar-refractivity contribution in [2.24, 2.45) is 0 Å². The van der Waals surface area contributed by atoms with Crippen LogP contribution in [-0.2, 0) is 15.0 Å². The normalized spacial score (nSPS) is 11.9. The summed E-state index contributed by atoms with van der Waals surface area (Å²) in [5.74, 6) is 0.554. The lowest BCUT2D eigenvalue weighted by Crippen LogP contribution is -1.90. The van der Waals surface area contributed by atoms with Gasteiger partial charge in [-0.1, -0.05) is 36.0 Å². The molecule has 6 heteroatoms. The smallest absolute Gasteiger partial charge is 0.288 e. The third-order valence-electron chi connectivity index (χ3n) is 1.85. The summed E-state index contributed by atoms with van der Waals surface area (Å²) in [6.07, 6.45) is 3.52. The molecule has 1 aromatic rings. The van der Waals surface area contributed by atoms with Crippen molar-refractivity contribution >= 4 is 33.2 Å². The van der Waals surface area contributed by atoms with Crippen LogP contribution in [0.4, 0.5) is 3.89 Å². The van der Waals surface area contributed by atoms with Crippen LogP contribution in [0.5, 0.6) is 0 Å². The summed E-state index contributed by atoms with van der Waals surface area (Å²) in [5.41, 5.74) is 0.751. The van der Waals surface area contributed by atoms with E-state index in [1.807, 2.05) is 0 Å². The summed E-state index contributed by atoms with van der Waals surface area (Å²) >= 11 is 1.18. The molecule has 0 saturated carbocycles. The highest BCUT2D eigenvalue weighted by atomic mass is 32.3. The lowest BCUT2D eigenvalue weighted by molar-refractivity contribution is -0.109. The van der Waals surface area contributed by atoms with E-state index in [1.54, 1.807) is 12.2 Å². The summed E-state index contributed by atoms with van der Waals surface area (Å²) < 4.78 is 33.7. The molecule has 3 nitrogen and oxygen atoms in total. The molecule has 0 atom stereocenters. The molecule has 0 radical (unpaired) electrons. The molecule has 0 aromatic heterocycles. The van der Waals surface area contributed by atoms with Crippen LogP contribution in [0.2, 0.25) is 0 Å². The van der Waals surface area contributed by atoms with Gasteiger partial charge in [0.1, 0.15) is 0 Å². The summed E-state index contributed by atoms with van der Waals surface area (Å²) in [6.45, 7) is 1.49. The third kappa shape index (κ3) is 5.14. The molecule has 1 rings (SSSR count). The number of carbonyl (C=O) groups is 1. The van der Waals surface area contributed by atoms with Gasteiger partial charge in [-0.15, -0.1) is 3.89 Å². The summed E-state index contributed by atoms with van der Waals surface area (Å²) in [7, 11) is -4.63. The van der Waals surface area contributed by atoms with Gasteiger partial charge >= 0.3 is 10.2 Å². The molecule has 0 spiro atoms. The van der Waals surface area contributed by atoms with E-state index in [-0.39, 0.29) is 10.0 Å². The van der Waals surface area contributed by atoms with Crippen molar-refractivity contribution in [1.29, 1.82) is 0 Å². The van der Waals surface area contributed by atoms with Crippen LogP contribution in [0.3, 0.4) is 0 Å². The highest BCUT2D eigenvalue weighted by molar-refractivity contribution is 8.13. The number of rotatable bonds is 4. The van der Waals surface area contributed by atoms with Gasteiger partial charge in [-0.05, 0) is 17.7 Å². The van der Waals surface area contributed by atoms with Crippen molar-refractivity contribution in [1.82, 2.24) is 0 Å². The Bertz CT molecular complexity index is 518. The molecule has 0 aliphatic rings. The Kier molecular flexibility index (Phi) is 4.89. The Hall–Kier alpha value is -1.14. The topological polar surface area (TPSA) is 51.2 Å². The molecule has 17 heavy (non-hydrogen) atoms. The van der Waals surface area contributed by atoms with Crippen molar-refractivity contribution < 1.29 is 17.1 Å². The van der Waals surface area contributed by atoms with E-state index in [0.29, 0.717) is 5.75 Å². The van der Waals surface area contributed by atoms with Crippen LogP contribution in [0.25, 0.3) is 6.08 Å². The zero-order valence-electron chi connectivity index (χ0n) is 9.09. The first-order chi connectivity index (χ1) is 7.89. The van der Waals surface area contributed by atoms with Crippen molar-refractivity contribution in [3.63, 3.8) is 0 Å². The Balaban J connectivity index is 2.66. The van der Waals surface area contributed by atoms with Gasteiger partial charge in [-0.25, -0.2) is 0 Å². The molecule has 0 saturated heterocycles. The zero-order chi connectivity index (χ0) is 12.9. The fraction of sp³-hybridized carbons (Fsp3) is 0.182. The Morgan fingerprint density at radius 3 is 2.41 bits per heavy atom. The van der Waals surface area contributed by atoms with Crippen molar-refractivity contribution in [3.8, 4) is 0 Å². The number of hydrogen-bond donors (Lipinski definition) is 0. The maximum absolute atomic E-state index is 12.6. The third-order valence-corrected chi connectivity index (χ3v) is 3.46. The predicted molar refractivity (Wildman–Crippen MR) is 66.9 cm³/mol. The highest BCUT2D eigenvalue weighted by Crippen LogP contribution is 2.14. The second-order valence-electron chi connectivity index (χ2n) is 3.21. The molecular weight excluding hydrogens is 263 g/mol. The van der Waals surface area contributed by atoms with Gasteiger partial charge in [0.05, 0.1) is 4.90 Å². The average molecular weight is 274 g/mol. The molecular formula is C11H11FO3S2. The van der Waals surface area contributed by atoms with Gasteiger partial charge in [0.25, 0.3) is 0 Å². The van der Waals surface area contributed by atoms with Gasteiger partial charge < -0.3 is 0 Å². The fourth-order valence-electron chi connectivity index (χ4n) is 1.09. The molecule has 0 N–H and O–H groups in total. The molecule has 1 aromatic carbocycles. The standard InChI is InChI=1S/C11H11FO3S2/c1-9(13)16-8-2-3-10-4-6-11(7-5-10)17(12,14)15/h2-7H,8H2,1H3. The van der Waals surface area contributed by atoms with E-state index in [0.717, 1.165) is 5.56 Å². The van der Waals surface area contributed by atoms with Crippen LogP contribution >= 0.6 is 11.8 Å². The van der Waals surface area contributed by atoms with Gasteiger partial charge in [0.2, 0.25) is 0 Å². The molecule has 0 aliphatic carbocycles. The van der Waals surface area contributed by atoms with Crippen LogP contribution in [0.15, 0.2) is 35.2 Å². The number of halogens is 1. The summed E-state index contributed by atoms with van der Waals surface area (Å²) in [6, 6.07) is 5.41. The first kappa shape index (κ1) is 13.9. The van der Waals surface area contributed by atoms with Gasteiger partial charge in [0.15, 0.2) is 5.12 Å². The van der Waals surface area contributed by atoms with Crippen LogP contribution in [0, 0.1) is 0 Å². The lowest BCUT2D eigenvalue weighted by Gasteiger charge is -1.96. The monoisotopic (exact) mass is 274 g/mol. The van der Waals surface area contributed by atoms with Crippen molar-refractivity contribution in [3.05, 3.63) is 35.9 Å². The second-order valence-corrected chi connectivity index (χ2v) is 5.76. The lowest BCUT2D eigenvalue weighted by atomic mass is 10.2. The van der Waals surface area contributed by atoms with Gasteiger partial charge in [-0.2, -0.15) is 8.42 Å². The number of thioether (sulfide) groups is 1. The first-order valence-corrected chi connectivity index (χ1v) is 7.11. The molecule has 0 aliphatic heterocycles. The Morgan fingerprint density at radius 1 is 1.35 bits per heavy atom. The minimum Gasteiger partial charge on any atom is -0.288 e. The molecule has 0 fully saturated rings. The summed E-state index contributed by atoms with van der Waals surface area (Å²) in [4.78, 5) is 10.3. The van der Waals surface area contributed by atoms with E-state index in [2.05, 4.69) is 0 Å². The number of carbonyl (C=O) groups excluding carboxylic acids is 1. The van der Waals surface area contributed by atoms with Crippen LogP contribution < -0.4 is 0 Å². The molecule has 92 valence electrons. The number of hydrogen-bond acceptors (Lipinski definition) is 4. The first-order valence-electron chi connectivity index (χ1n) is 4.74. The van der Waals surface area contributed by atoms with Gasteiger partial charge in [-0.3, -0.25) is 4.79 Å². The zero-order valence-corrected chi connectivity index (χ0v) is 10.7. The molecule has 0 heterocycles. The molecule has 0 amide bonds. The predicted octanol–water partition coefficient (Wildman–Crippen LogP) is 2.64. The molecule has 0 unspecified atom stereocenters. The average Bonchev–Trinajstić information content (AvgIpc) is 2.23. The van der Waals surface area contributed by atoms with Crippen LogP contribution in [-0.4, -0.2) is 19.3 Å². The highest BCUT2D eigenvalue weighted by Gasteiger charge is 2.09. The van der Waals surface area contributed by atoms with E-state index < -0.39 is 10.2 Å². The second kappa shape index (κ2) is 5.97. The maximum atomic E-state index is 12.6. The van der Waals surface area contributed by atoms with E-state index in [9.17, 15) is 17.1 Å². The minimum absolute atomic E-state index is 0.0357. The fourth-order valence-corrected chi connectivity index (χ4v) is 1.98. The van der Waals surface area contributed by atoms with Crippen molar-refractivity contribution in [2.75, 3.05) is 5.75 Å². The minimum atomic E-state index is -4.63. The van der Waals surface area contributed by atoms with Crippen molar-refractivity contribution in [2.45, 2.75) is 11.8 Å². The maximum Gasteiger partial charge on any atom is 0.332 e. The van der Waals surface area contributed by atoms with Gasteiger partial charge in [0, 0.05) is 12.7 Å². The van der Waals surface area contributed by atoms with Crippen LogP contribution in [0.1, 0.15) is 12.5 Å². The Morgan fingerprint density at radius 2 is 1.94 bits per heavy atom. The SMILES string of the molecule is CC(=O)SCC=Cc1ccc(S(=O)(=O)F)cc1. The molecule has 0 bridgehead atoms. The Labute approximate surface area is 104 Å². The largest absolute Gasteiger partial charge is 0.332 e.